The van der Waals surface area contributed by atoms with Crippen LogP contribution >= 0.6 is 11.6 Å². The van der Waals surface area contributed by atoms with Gasteiger partial charge in [0.25, 0.3) is 0 Å². The highest BCUT2D eigenvalue weighted by atomic mass is 35.5. The van der Waals surface area contributed by atoms with Gasteiger partial charge in [-0.2, -0.15) is 0 Å². The van der Waals surface area contributed by atoms with Gasteiger partial charge >= 0.3 is 0 Å². The lowest BCUT2D eigenvalue weighted by Crippen LogP contribution is -2.21. The molecule has 94 valence electrons. The van der Waals surface area contributed by atoms with Gasteiger partial charge in [-0.1, -0.05) is 17.7 Å². The molecule has 0 aromatic heterocycles. The number of aliphatic hydroxyl groups is 2. The summed E-state index contributed by atoms with van der Waals surface area (Å²) in [5.74, 6) is 0.547. The summed E-state index contributed by atoms with van der Waals surface area (Å²) in [5.41, 5.74) is 1.94. The van der Waals surface area contributed by atoms with Crippen molar-refractivity contribution >= 4 is 17.3 Å². The highest BCUT2D eigenvalue weighted by Gasteiger charge is 2.23. The Morgan fingerprint density at radius 3 is 2.88 bits per heavy atom. The third kappa shape index (κ3) is 2.92. The summed E-state index contributed by atoms with van der Waals surface area (Å²) >= 11 is 6.00. The summed E-state index contributed by atoms with van der Waals surface area (Å²) in [4.78, 5) is 2.25. The van der Waals surface area contributed by atoms with Crippen LogP contribution in [0.15, 0.2) is 18.2 Å². The second-order valence-electron chi connectivity index (χ2n) is 4.54. The van der Waals surface area contributed by atoms with Gasteiger partial charge in [-0.05, 0) is 30.9 Å². The summed E-state index contributed by atoms with van der Waals surface area (Å²) in [6, 6.07) is 5.59. The maximum Gasteiger partial charge on any atom is 0.0702 e. The van der Waals surface area contributed by atoms with E-state index in [1.165, 1.54) is 0 Å². The molecule has 0 spiro atoms. The van der Waals surface area contributed by atoms with E-state index in [2.05, 4.69) is 4.90 Å². The fourth-order valence-corrected chi connectivity index (χ4v) is 2.60. The van der Waals surface area contributed by atoms with Gasteiger partial charge in [0.15, 0.2) is 0 Å². The van der Waals surface area contributed by atoms with Gasteiger partial charge < -0.3 is 15.1 Å². The first kappa shape index (κ1) is 12.7. The maximum atomic E-state index is 9.33. The van der Waals surface area contributed by atoms with E-state index in [-0.39, 0.29) is 13.2 Å². The predicted molar refractivity (Wildman–Crippen MR) is 69.4 cm³/mol. The van der Waals surface area contributed by atoms with Crippen LogP contribution in [0, 0.1) is 5.92 Å². The van der Waals surface area contributed by atoms with Gasteiger partial charge in [0.05, 0.1) is 6.61 Å². The van der Waals surface area contributed by atoms with E-state index in [0.29, 0.717) is 10.9 Å². The fraction of sp³-hybridized carbons (Fsp3) is 0.538. The van der Waals surface area contributed by atoms with Gasteiger partial charge in [0.1, 0.15) is 0 Å². The van der Waals surface area contributed by atoms with Gasteiger partial charge in [0.2, 0.25) is 0 Å². The number of hydrogen-bond acceptors (Lipinski definition) is 3. The lowest BCUT2D eigenvalue weighted by molar-refractivity contribution is 0.263. The first-order valence-corrected chi connectivity index (χ1v) is 6.37. The zero-order valence-corrected chi connectivity index (χ0v) is 10.5. The van der Waals surface area contributed by atoms with Crippen LogP contribution in [0.25, 0.3) is 0 Å². The van der Waals surface area contributed by atoms with E-state index in [4.69, 9.17) is 16.7 Å². The summed E-state index contributed by atoms with van der Waals surface area (Å²) < 4.78 is 0. The Labute approximate surface area is 107 Å². The molecule has 1 saturated heterocycles. The zero-order chi connectivity index (χ0) is 12.3. The molecular weight excluding hydrogens is 238 g/mol. The van der Waals surface area contributed by atoms with Crippen LogP contribution < -0.4 is 4.90 Å². The van der Waals surface area contributed by atoms with Crippen molar-refractivity contribution in [3.05, 3.63) is 28.8 Å². The molecule has 1 heterocycles. The monoisotopic (exact) mass is 255 g/mol. The minimum atomic E-state index is 0.0354. The van der Waals surface area contributed by atoms with E-state index < -0.39 is 0 Å². The van der Waals surface area contributed by atoms with Crippen molar-refractivity contribution in [2.45, 2.75) is 19.4 Å². The molecular formula is C13H18ClNO2. The molecule has 17 heavy (non-hydrogen) atoms. The van der Waals surface area contributed by atoms with Crippen molar-refractivity contribution in [2.75, 3.05) is 24.6 Å². The van der Waals surface area contributed by atoms with Crippen LogP contribution in [0.3, 0.4) is 0 Å². The van der Waals surface area contributed by atoms with Crippen molar-refractivity contribution in [1.29, 1.82) is 0 Å². The molecule has 0 amide bonds. The van der Waals surface area contributed by atoms with Crippen molar-refractivity contribution in [3.8, 4) is 0 Å². The average Bonchev–Trinajstić information content (AvgIpc) is 2.78. The summed E-state index contributed by atoms with van der Waals surface area (Å²) in [6.45, 7) is 2.19. The molecule has 3 nitrogen and oxygen atoms in total. The number of rotatable bonds is 4. The number of anilines is 1. The van der Waals surface area contributed by atoms with Crippen molar-refractivity contribution in [3.63, 3.8) is 0 Å². The van der Waals surface area contributed by atoms with Crippen molar-refractivity contribution in [2.24, 2.45) is 5.92 Å². The molecule has 0 bridgehead atoms. The Bertz CT molecular complexity index is 384. The summed E-state index contributed by atoms with van der Waals surface area (Å²) in [7, 11) is 0. The highest BCUT2D eigenvalue weighted by molar-refractivity contribution is 6.30. The van der Waals surface area contributed by atoms with Crippen LogP contribution in [-0.2, 0) is 6.61 Å². The smallest absolute Gasteiger partial charge is 0.0702 e. The highest BCUT2D eigenvalue weighted by Crippen LogP contribution is 2.30. The quantitative estimate of drug-likeness (QED) is 0.865. The largest absolute Gasteiger partial charge is 0.396 e. The standard InChI is InChI=1S/C13H18ClNO2/c14-12-2-1-11(9-17)13(7-12)15-5-3-10(8-15)4-6-16/h1-2,7,10,16-17H,3-6,8-9H2. The van der Waals surface area contributed by atoms with Gasteiger partial charge in [-0.15, -0.1) is 0 Å². The minimum absolute atomic E-state index is 0.0354. The average molecular weight is 256 g/mol. The van der Waals surface area contributed by atoms with E-state index >= 15 is 0 Å². The van der Waals surface area contributed by atoms with E-state index in [9.17, 15) is 5.11 Å². The molecule has 4 heteroatoms. The van der Waals surface area contributed by atoms with Crippen LogP contribution in [0.1, 0.15) is 18.4 Å². The lowest BCUT2D eigenvalue weighted by atomic mass is 10.1. The molecule has 0 radical (unpaired) electrons. The number of aliphatic hydroxyl groups excluding tert-OH is 2. The summed E-state index contributed by atoms with van der Waals surface area (Å²) in [6.07, 6.45) is 1.95. The molecule has 0 aliphatic carbocycles. The Kier molecular flexibility index (Phi) is 4.26. The van der Waals surface area contributed by atoms with Crippen LogP contribution in [-0.4, -0.2) is 29.9 Å². The molecule has 1 aliphatic heterocycles. The van der Waals surface area contributed by atoms with Crippen LogP contribution in [0.4, 0.5) is 5.69 Å². The third-order valence-electron chi connectivity index (χ3n) is 3.38. The van der Waals surface area contributed by atoms with Crippen molar-refractivity contribution < 1.29 is 10.2 Å². The molecule has 2 N–H and O–H groups in total. The topological polar surface area (TPSA) is 43.7 Å². The molecule has 1 aromatic carbocycles. The Morgan fingerprint density at radius 2 is 2.18 bits per heavy atom. The number of benzene rings is 1. The van der Waals surface area contributed by atoms with Crippen molar-refractivity contribution in [1.82, 2.24) is 0 Å². The van der Waals surface area contributed by atoms with E-state index in [1.807, 2.05) is 12.1 Å². The van der Waals surface area contributed by atoms with Crippen LogP contribution in [0.2, 0.25) is 5.02 Å². The first-order valence-electron chi connectivity index (χ1n) is 5.99. The molecule has 1 atom stereocenters. The fourth-order valence-electron chi connectivity index (χ4n) is 2.43. The molecule has 2 rings (SSSR count). The van der Waals surface area contributed by atoms with Crippen LogP contribution in [0.5, 0.6) is 0 Å². The Hall–Kier alpha value is -0.770. The SMILES string of the molecule is OCCC1CCN(c2cc(Cl)ccc2CO)C1. The predicted octanol–water partition coefficient (Wildman–Crippen LogP) is 2.04. The second-order valence-corrected chi connectivity index (χ2v) is 4.98. The third-order valence-corrected chi connectivity index (χ3v) is 3.62. The number of halogens is 1. The second kappa shape index (κ2) is 5.71. The number of hydrogen-bond donors (Lipinski definition) is 2. The molecule has 1 aliphatic rings. The minimum Gasteiger partial charge on any atom is -0.396 e. The van der Waals surface area contributed by atoms with Gasteiger partial charge in [-0.3, -0.25) is 0 Å². The zero-order valence-electron chi connectivity index (χ0n) is 9.77. The van der Waals surface area contributed by atoms with Gasteiger partial charge in [-0.25, -0.2) is 0 Å². The van der Waals surface area contributed by atoms with E-state index in [0.717, 1.165) is 37.2 Å². The first-order chi connectivity index (χ1) is 8.24. The molecule has 1 fully saturated rings. The molecule has 0 saturated carbocycles. The lowest BCUT2D eigenvalue weighted by Gasteiger charge is -2.21. The normalized spacial score (nSPS) is 19.9. The Balaban J connectivity index is 2.14. The maximum absolute atomic E-state index is 9.33. The van der Waals surface area contributed by atoms with Gasteiger partial charge in [0, 0.05) is 36.0 Å². The molecule has 1 aromatic rings. The van der Waals surface area contributed by atoms with E-state index in [1.54, 1.807) is 6.07 Å². The molecule has 1 unspecified atom stereocenters. The number of nitrogens with zero attached hydrogens (tertiary/aromatic N) is 1. The summed E-state index contributed by atoms with van der Waals surface area (Å²) in [5, 5.41) is 19.0. The Morgan fingerprint density at radius 1 is 1.35 bits per heavy atom.